The smallest absolute Gasteiger partial charge is 0.224 e. The molecule has 0 spiro atoms. The Balaban J connectivity index is 1.64. The van der Waals surface area contributed by atoms with Crippen LogP contribution in [0.25, 0.3) is 0 Å². The lowest BCUT2D eigenvalue weighted by Gasteiger charge is -2.17. The Morgan fingerprint density at radius 2 is 2.12 bits per heavy atom. The molecule has 1 aliphatic carbocycles. The summed E-state index contributed by atoms with van der Waals surface area (Å²) in [7, 11) is 1.76. The molecule has 1 fully saturated rings. The summed E-state index contributed by atoms with van der Waals surface area (Å²) >= 11 is 0. The van der Waals surface area contributed by atoms with E-state index in [9.17, 15) is 4.39 Å². The molecule has 0 aliphatic heterocycles. The van der Waals surface area contributed by atoms with Gasteiger partial charge in [-0.05, 0) is 31.0 Å². The van der Waals surface area contributed by atoms with Crippen LogP contribution in [0.1, 0.15) is 31.2 Å². The number of rotatable bonds is 5. The number of halogens is 1. The van der Waals surface area contributed by atoms with Crippen molar-refractivity contribution in [1.29, 1.82) is 0 Å². The molecule has 1 aromatic carbocycles. The normalized spacial score (nSPS) is 15.2. The minimum atomic E-state index is -0.339. The predicted octanol–water partition coefficient (Wildman–Crippen LogP) is 3.62. The van der Waals surface area contributed by atoms with E-state index >= 15 is 0 Å². The summed E-state index contributed by atoms with van der Waals surface area (Å²) in [5.74, 6) is 1.31. The first kappa shape index (κ1) is 17.2. The molecule has 132 valence electrons. The molecule has 6 heteroatoms. The van der Waals surface area contributed by atoms with Crippen molar-refractivity contribution in [3.05, 3.63) is 54.0 Å². The molecule has 0 bridgehead atoms. The van der Waals surface area contributed by atoms with Gasteiger partial charge < -0.3 is 15.4 Å². The van der Waals surface area contributed by atoms with Crippen molar-refractivity contribution in [2.24, 2.45) is 4.99 Å². The van der Waals surface area contributed by atoms with Crippen molar-refractivity contribution in [2.45, 2.75) is 38.3 Å². The number of nitrogens with one attached hydrogen (secondary N) is 2. The SMILES string of the molecule is CN=C(NCc1cccnc1Oc1cccc(F)c1)NC1CCCC1. The van der Waals surface area contributed by atoms with Crippen LogP contribution in [0.2, 0.25) is 0 Å². The molecule has 25 heavy (non-hydrogen) atoms. The Morgan fingerprint density at radius 3 is 2.88 bits per heavy atom. The van der Waals surface area contributed by atoms with Crippen LogP contribution in [0, 0.1) is 5.82 Å². The highest BCUT2D eigenvalue weighted by molar-refractivity contribution is 5.80. The molecule has 0 radical (unpaired) electrons. The van der Waals surface area contributed by atoms with Crippen molar-refractivity contribution in [3.8, 4) is 11.6 Å². The number of benzene rings is 1. The third kappa shape index (κ3) is 4.92. The van der Waals surface area contributed by atoms with E-state index in [1.54, 1.807) is 25.4 Å². The summed E-state index contributed by atoms with van der Waals surface area (Å²) in [6.07, 6.45) is 6.55. The highest BCUT2D eigenvalue weighted by atomic mass is 19.1. The zero-order valence-corrected chi connectivity index (χ0v) is 14.3. The number of nitrogens with zero attached hydrogens (tertiary/aromatic N) is 2. The third-order valence-corrected chi connectivity index (χ3v) is 4.23. The molecule has 0 amide bonds. The number of hydrogen-bond acceptors (Lipinski definition) is 3. The second-order valence-corrected chi connectivity index (χ2v) is 6.08. The second kappa shape index (κ2) is 8.46. The average molecular weight is 342 g/mol. The highest BCUT2D eigenvalue weighted by Gasteiger charge is 2.16. The summed E-state index contributed by atoms with van der Waals surface area (Å²) in [6.45, 7) is 0.519. The van der Waals surface area contributed by atoms with Crippen LogP contribution >= 0.6 is 0 Å². The fraction of sp³-hybridized carbons (Fsp3) is 0.368. The quantitative estimate of drug-likeness (QED) is 0.644. The van der Waals surface area contributed by atoms with Crippen LogP contribution in [0.3, 0.4) is 0 Å². The summed E-state index contributed by atoms with van der Waals surface area (Å²) in [5, 5.41) is 6.74. The number of aliphatic imine (C=N–C) groups is 1. The molecule has 5 nitrogen and oxygen atoms in total. The van der Waals surface area contributed by atoms with Gasteiger partial charge in [0.15, 0.2) is 5.96 Å². The predicted molar refractivity (Wildman–Crippen MR) is 96.3 cm³/mol. The summed E-state index contributed by atoms with van der Waals surface area (Å²) in [6, 6.07) is 10.3. The van der Waals surface area contributed by atoms with Gasteiger partial charge in [0.1, 0.15) is 11.6 Å². The minimum Gasteiger partial charge on any atom is -0.439 e. The summed E-state index contributed by atoms with van der Waals surface area (Å²) in [4.78, 5) is 8.54. The van der Waals surface area contributed by atoms with Gasteiger partial charge in [-0.25, -0.2) is 9.37 Å². The van der Waals surface area contributed by atoms with Gasteiger partial charge >= 0.3 is 0 Å². The van der Waals surface area contributed by atoms with Crippen LogP contribution in [0.15, 0.2) is 47.6 Å². The summed E-state index contributed by atoms with van der Waals surface area (Å²) < 4.78 is 19.1. The van der Waals surface area contributed by atoms with Gasteiger partial charge in [0.25, 0.3) is 0 Å². The van der Waals surface area contributed by atoms with E-state index in [1.165, 1.54) is 37.8 Å². The van der Waals surface area contributed by atoms with Gasteiger partial charge in [-0.3, -0.25) is 4.99 Å². The molecular formula is C19H23FN4O. The number of aromatic nitrogens is 1. The number of ether oxygens (including phenoxy) is 1. The van der Waals surface area contributed by atoms with E-state index in [0.29, 0.717) is 24.2 Å². The van der Waals surface area contributed by atoms with Crippen LogP contribution in [0.4, 0.5) is 4.39 Å². The van der Waals surface area contributed by atoms with Crippen LogP contribution in [-0.2, 0) is 6.54 Å². The lowest BCUT2D eigenvalue weighted by molar-refractivity contribution is 0.450. The Morgan fingerprint density at radius 1 is 1.28 bits per heavy atom. The molecule has 1 heterocycles. The molecule has 2 N–H and O–H groups in total. The Bertz CT molecular complexity index is 729. The molecule has 0 saturated heterocycles. The molecule has 1 aliphatic rings. The van der Waals surface area contributed by atoms with Crippen molar-refractivity contribution in [2.75, 3.05) is 7.05 Å². The monoisotopic (exact) mass is 342 g/mol. The van der Waals surface area contributed by atoms with E-state index < -0.39 is 0 Å². The number of hydrogen-bond donors (Lipinski definition) is 2. The molecule has 3 rings (SSSR count). The first-order valence-corrected chi connectivity index (χ1v) is 8.59. The lowest BCUT2D eigenvalue weighted by Crippen LogP contribution is -2.42. The van der Waals surface area contributed by atoms with Crippen LogP contribution < -0.4 is 15.4 Å². The fourth-order valence-corrected chi connectivity index (χ4v) is 2.93. The maximum atomic E-state index is 13.3. The van der Waals surface area contributed by atoms with Crippen molar-refractivity contribution >= 4 is 5.96 Å². The zero-order valence-electron chi connectivity index (χ0n) is 14.3. The number of pyridine rings is 1. The van der Waals surface area contributed by atoms with Crippen molar-refractivity contribution in [3.63, 3.8) is 0 Å². The molecular weight excluding hydrogens is 319 g/mol. The standard InChI is InChI=1S/C19H23FN4O/c1-21-19(24-16-8-2-3-9-16)23-13-14-6-5-11-22-18(14)25-17-10-4-7-15(20)12-17/h4-7,10-12,16H,2-3,8-9,13H2,1H3,(H2,21,23,24). The second-order valence-electron chi connectivity index (χ2n) is 6.08. The van der Waals surface area contributed by atoms with Gasteiger partial charge in [-0.2, -0.15) is 0 Å². The highest BCUT2D eigenvalue weighted by Crippen LogP contribution is 2.23. The molecule has 1 aromatic heterocycles. The minimum absolute atomic E-state index is 0.339. The van der Waals surface area contributed by atoms with E-state index in [0.717, 1.165) is 11.5 Å². The van der Waals surface area contributed by atoms with Gasteiger partial charge in [-0.1, -0.05) is 25.0 Å². The third-order valence-electron chi connectivity index (χ3n) is 4.23. The van der Waals surface area contributed by atoms with Gasteiger partial charge in [-0.15, -0.1) is 0 Å². The first-order chi connectivity index (χ1) is 12.2. The maximum Gasteiger partial charge on any atom is 0.224 e. The van der Waals surface area contributed by atoms with E-state index in [1.807, 2.05) is 12.1 Å². The van der Waals surface area contributed by atoms with E-state index in [-0.39, 0.29) is 5.82 Å². The van der Waals surface area contributed by atoms with E-state index in [2.05, 4.69) is 20.6 Å². The first-order valence-electron chi connectivity index (χ1n) is 8.59. The number of guanidine groups is 1. The van der Waals surface area contributed by atoms with Crippen molar-refractivity contribution < 1.29 is 9.13 Å². The molecule has 0 unspecified atom stereocenters. The van der Waals surface area contributed by atoms with Crippen molar-refractivity contribution in [1.82, 2.24) is 15.6 Å². The molecule has 2 aromatic rings. The van der Waals surface area contributed by atoms with Crippen LogP contribution in [0.5, 0.6) is 11.6 Å². The maximum absolute atomic E-state index is 13.3. The fourth-order valence-electron chi connectivity index (χ4n) is 2.93. The van der Waals surface area contributed by atoms with Gasteiger partial charge in [0, 0.05) is 37.5 Å². The Labute approximate surface area is 147 Å². The average Bonchev–Trinajstić information content (AvgIpc) is 3.13. The largest absolute Gasteiger partial charge is 0.439 e. The Hall–Kier alpha value is -2.63. The topological polar surface area (TPSA) is 58.5 Å². The zero-order chi connectivity index (χ0) is 17.5. The molecule has 0 atom stereocenters. The lowest BCUT2D eigenvalue weighted by atomic mass is 10.2. The van der Waals surface area contributed by atoms with Gasteiger partial charge in [0.05, 0.1) is 0 Å². The summed E-state index contributed by atoms with van der Waals surface area (Å²) in [5.41, 5.74) is 0.876. The van der Waals surface area contributed by atoms with E-state index in [4.69, 9.17) is 4.74 Å². The van der Waals surface area contributed by atoms with Gasteiger partial charge in [0.2, 0.25) is 5.88 Å². The molecule has 1 saturated carbocycles. The Kier molecular flexibility index (Phi) is 5.82. The van der Waals surface area contributed by atoms with Crippen LogP contribution in [-0.4, -0.2) is 24.0 Å².